The van der Waals surface area contributed by atoms with Crippen LogP contribution in [-0.4, -0.2) is 28.0 Å². The number of rotatable bonds is 3. The van der Waals surface area contributed by atoms with E-state index in [9.17, 15) is 9.59 Å². The second kappa shape index (κ2) is 5.79. The van der Waals surface area contributed by atoms with Crippen LogP contribution in [0.4, 0.5) is 5.95 Å². The first-order valence-corrected chi connectivity index (χ1v) is 7.62. The average Bonchev–Trinajstić information content (AvgIpc) is 3.01. The Morgan fingerprint density at radius 3 is 2.68 bits per heavy atom. The molecular formula is C18H14N4O3. The summed E-state index contributed by atoms with van der Waals surface area (Å²) in [7, 11) is 1.58. The van der Waals surface area contributed by atoms with Gasteiger partial charge in [-0.1, -0.05) is 18.2 Å². The van der Waals surface area contributed by atoms with Gasteiger partial charge < -0.3 is 9.72 Å². The van der Waals surface area contributed by atoms with Gasteiger partial charge in [0.05, 0.1) is 12.6 Å². The standard InChI is InChI=1S/C18H14N4O3/c1-25-11-7-8-12-13(9-11)19-15-14(12)20-18(22-17(15)24)21-16(23)10-5-3-2-4-6-10/h2-9,19H,1H3,(H2,20,21,22,23,24). The molecule has 2 aromatic carbocycles. The van der Waals surface area contributed by atoms with E-state index in [1.54, 1.807) is 43.5 Å². The fourth-order valence-corrected chi connectivity index (χ4v) is 2.71. The van der Waals surface area contributed by atoms with Crippen molar-refractivity contribution >= 4 is 33.8 Å². The van der Waals surface area contributed by atoms with Crippen molar-refractivity contribution in [3.63, 3.8) is 0 Å². The number of carbonyl (C=O) groups excluding carboxylic acids is 1. The Morgan fingerprint density at radius 1 is 1.12 bits per heavy atom. The van der Waals surface area contributed by atoms with Crippen LogP contribution in [0.2, 0.25) is 0 Å². The fraction of sp³-hybridized carbons (Fsp3) is 0.0556. The molecule has 0 atom stereocenters. The summed E-state index contributed by atoms with van der Waals surface area (Å²) >= 11 is 0. The van der Waals surface area contributed by atoms with Crippen LogP contribution in [0.15, 0.2) is 53.3 Å². The molecule has 25 heavy (non-hydrogen) atoms. The van der Waals surface area contributed by atoms with Crippen molar-refractivity contribution < 1.29 is 9.53 Å². The van der Waals surface area contributed by atoms with E-state index < -0.39 is 0 Å². The molecule has 7 heteroatoms. The van der Waals surface area contributed by atoms with E-state index in [-0.39, 0.29) is 17.4 Å². The van der Waals surface area contributed by atoms with Crippen LogP contribution in [-0.2, 0) is 0 Å². The summed E-state index contributed by atoms with van der Waals surface area (Å²) in [5, 5.41) is 3.40. The lowest BCUT2D eigenvalue weighted by molar-refractivity contribution is 0.102. The SMILES string of the molecule is COc1ccc2c(c1)[nH]c1c(=O)[nH]c(NC(=O)c3ccccc3)nc12. The molecule has 0 bridgehead atoms. The minimum atomic E-state index is -0.358. The number of aromatic nitrogens is 3. The average molecular weight is 334 g/mol. The second-order valence-corrected chi connectivity index (χ2v) is 5.49. The maximum absolute atomic E-state index is 12.3. The molecule has 0 unspecified atom stereocenters. The van der Waals surface area contributed by atoms with E-state index in [1.165, 1.54) is 0 Å². The first-order chi connectivity index (χ1) is 12.2. The number of methoxy groups -OCH3 is 1. The molecule has 2 aromatic heterocycles. The summed E-state index contributed by atoms with van der Waals surface area (Å²) in [5.41, 5.74) is 1.70. The Balaban J connectivity index is 1.79. The second-order valence-electron chi connectivity index (χ2n) is 5.49. The van der Waals surface area contributed by atoms with Gasteiger partial charge in [0.1, 0.15) is 16.8 Å². The van der Waals surface area contributed by atoms with Crippen molar-refractivity contribution in [2.75, 3.05) is 12.4 Å². The predicted octanol–water partition coefficient (Wildman–Crippen LogP) is 2.67. The van der Waals surface area contributed by atoms with E-state index in [2.05, 4.69) is 20.3 Å². The maximum Gasteiger partial charge on any atom is 0.276 e. The zero-order chi connectivity index (χ0) is 17.4. The van der Waals surface area contributed by atoms with Crippen LogP contribution >= 0.6 is 0 Å². The van der Waals surface area contributed by atoms with Gasteiger partial charge in [-0.2, -0.15) is 0 Å². The molecule has 0 aliphatic carbocycles. The van der Waals surface area contributed by atoms with Gasteiger partial charge in [-0.25, -0.2) is 4.98 Å². The number of benzene rings is 2. The zero-order valence-electron chi connectivity index (χ0n) is 13.3. The van der Waals surface area contributed by atoms with Crippen molar-refractivity contribution in [3.05, 3.63) is 64.4 Å². The molecule has 124 valence electrons. The topological polar surface area (TPSA) is 99.9 Å². The van der Waals surface area contributed by atoms with Crippen molar-refractivity contribution in [1.82, 2.24) is 15.0 Å². The van der Waals surface area contributed by atoms with Crippen LogP contribution in [0.25, 0.3) is 21.9 Å². The van der Waals surface area contributed by atoms with Crippen LogP contribution < -0.4 is 15.6 Å². The normalized spacial score (nSPS) is 10.9. The third-order valence-electron chi connectivity index (χ3n) is 3.93. The van der Waals surface area contributed by atoms with Gasteiger partial charge >= 0.3 is 0 Å². The van der Waals surface area contributed by atoms with Crippen LogP contribution in [0.5, 0.6) is 5.75 Å². The Bertz CT molecular complexity index is 1150. The highest BCUT2D eigenvalue weighted by molar-refractivity contribution is 6.07. The lowest BCUT2D eigenvalue weighted by atomic mass is 10.2. The highest BCUT2D eigenvalue weighted by atomic mass is 16.5. The van der Waals surface area contributed by atoms with Gasteiger partial charge in [0.25, 0.3) is 11.5 Å². The number of H-pyrrole nitrogens is 2. The molecule has 3 N–H and O–H groups in total. The van der Waals surface area contributed by atoms with Gasteiger partial charge in [-0.3, -0.25) is 19.9 Å². The molecule has 4 aromatic rings. The lowest BCUT2D eigenvalue weighted by Gasteiger charge is -2.04. The molecule has 0 aliphatic rings. The zero-order valence-corrected chi connectivity index (χ0v) is 13.3. The van der Waals surface area contributed by atoms with Gasteiger partial charge in [0.2, 0.25) is 5.95 Å². The van der Waals surface area contributed by atoms with Crippen molar-refractivity contribution in [2.45, 2.75) is 0 Å². The minimum absolute atomic E-state index is 0.100. The van der Waals surface area contributed by atoms with E-state index in [0.717, 1.165) is 10.9 Å². The maximum atomic E-state index is 12.3. The molecule has 0 fully saturated rings. The molecule has 7 nitrogen and oxygen atoms in total. The number of ether oxygens (including phenoxy) is 1. The highest BCUT2D eigenvalue weighted by Gasteiger charge is 2.13. The molecule has 0 aliphatic heterocycles. The first-order valence-electron chi connectivity index (χ1n) is 7.62. The van der Waals surface area contributed by atoms with E-state index >= 15 is 0 Å². The van der Waals surface area contributed by atoms with Crippen LogP contribution in [0.3, 0.4) is 0 Å². The molecule has 0 radical (unpaired) electrons. The van der Waals surface area contributed by atoms with Crippen molar-refractivity contribution in [1.29, 1.82) is 0 Å². The Kier molecular flexibility index (Phi) is 3.46. The molecule has 4 rings (SSSR count). The largest absolute Gasteiger partial charge is 0.497 e. The fourth-order valence-electron chi connectivity index (χ4n) is 2.71. The summed E-state index contributed by atoms with van der Waals surface area (Å²) in [5.74, 6) is 0.431. The summed E-state index contributed by atoms with van der Waals surface area (Å²) in [6.45, 7) is 0. The number of amides is 1. The third-order valence-corrected chi connectivity index (χ3v) is 3.93. The number of nitrogens with zero attached hydrogens (tertiary/aromatic N) is 1. The quantitative estimate of drug-likeness (QED) is 0.536. The monoisotopic (exact) mass is 334 g/mol. The third kappa shape index (κ3) is 2.61. The molecule has 0 saturated heterocycles. The molecule has 1 amide bonds. The minimum Gasteiger partial charge on any atom is -0.497 e. The van der Waals surface area contributed by atoms with E-state index in [4.69, 9.17) is 4.74 Å². The Labute approximate surface area is 141 Å². The summed E-state index contributed by atoms with van der Waals surface area (Å²) < 4.78 is 5.19. The van der Waals surface area contributed by atoms with E-state index in [1.807, 2.05) is 12.1 Å². The number of hydrogen-bond acceptors (Lipinski definition) is 4. The lowest BCUT2D eigenvalue weighted by Crippen LogP contribution is -2.18. The number of nitrogens with one attached hydrogen (secondary N) is 3. The molecule has 0 spiro atoms. The molecular weight excluding hydrogens is 320 g/mol. The van der Waals surface area contributed by atoms with Gasteiger partial charge in [-0.15, -0.1) is 0 Å². The van der Waals surface area contributed by atoms with Gasteiger partial charge in [-0.05, 0) is 24.3 Å². The number of fused-ring (bicyclic) bond motifs is 3. The summed E-state index contributed by atoms with van der Waals surface area (Å²) in [6, 6.07) is 14.1. The van der Waals surface area contributed by atoms with Crippen molar-refractivity contribution in [2.24, 2.45) is 0 Å². The Hall–Kier alpha value is -3.61. The van der Waals surface area contributed by atoms with Gasteiger partial charge in [0.15, 0.2) is 0 Å². The van der Waals surface area contributed by atoms with Gasteiger partial charge in [0, 0.05) is 17.0 Å². The highest BCUT2D eigenvalue weighted by Crippen LogP contribution is 2.25. The van der Waals surface area contributed by atoms with E-state index in [0.29, 0.717) is 22.3 Å². The first kappa shape index (κ1) is 14.9. The smallest absolute Gasteiger partial charge is 0.276 e. The van der Waals surface area contributed by atoms with Crippen molar-refractivity contribution in [3.8, 4) is 5.75 Å². The molecule has 0 saturated carbocycles. The van der Waals surface area contributed by atoms with Crippen LogP contribution in [0.1, 0.15) is 10.4 Å². The number of anilines is 1. The predicted molar refractivity (Wildman–Crippen MR) is 95.2 cm³/mol. The number of carbonyl (C=O) groups is 1. The number of aromatic amines is 2. The Morgan fingerprint density at radius 2 is 1.92 bits per heavy atom. The molecule has 2 heterocycles. The van der Waals surface area contributed by atoms with Crippen LogP contribution in [0, 0.1) is 0 Å². The summed E-state index contributed by atoms with van der Waals surface area (Å²) in [6.07, 6.45) is 0. The number of hydrogen-bond donors (Lipinski definition) is 3. The summed E-state index contributed by atoms with van der Waals surface area (Å²) in [4.78, 5) is 34.6.